The molecule has 2 aromatic carbocycles. The van der Waals surface area contributed by atoms with Gasteiger partial charge in [-0.05, 0) is 66.4 Å². The van der Waals surface area contributed by atoms with Crippen molar-refractivity contribution in [2.75, 3.05) is 24.4 Å². The average molecular weight is 487 g/mol. The SMILES string of the molecule is COC(=O)CSCCCSC1C(=O)CC[C@@H]1C=CC(C)(O)CCc1ccc2ccccc2c1. The molecule has 1 saturated carbocycles. The van der Waals surface area contributed by atoms with E-state index in [2.05, 4.69) is 41.1 Å². The van der Waals surface area contributed by atoms with Gasteiger partial charge in [-0.2, -0.15) is 11.8 Å². The van der Waals surface area contributed by atoms with E-state index in [1.807, 2.05) is 25.1 Å². The van der Waals surface area contributed by atoms with E-state index < -0.39 is 5.60 Å². The zero-order valence-corrected chi connectivity index (χ0v) is 21.1. The van der Waals surface area contributed by atoms with E-state index in [1.54, 1.807) is 23.5 Å². The van der Waals surface area contributed by atoms with Crippen LogP contribution in [0.25, 0.3) is 10.8 Å². The van der Waals surface area contributed by atoms with Crippen LogP contribution in [0.2, 0.25) is 0 Å². The molecule has 0 aromatic heterocycles. The van der Waals surface area contributed by atoms with Crippen LogP contribution >= 0.6 is 23.5 Å². The number of carbonyl (C=O) groups excluding carboxylic acids is 2. The van der Waals surface area contributed by atoms with Gasteiger partial charge in [0.15, 0.2) is 0 Å². The second kappa shape index (κ2) is 12.6. The second-order valence-corrected chi connectivity index (χ2v) is 11.2. The molecule has 0 heterocycles. The summed E-state index contributed by atoms with van der Waals surface area (Å²) >= 11 is 3.28. The van der Waals surface area contributed by atoms with Crippen molar-refractivity contribution in [3.8, 4) is 0 Å². The van der Waals surface area contributed by atoms with Gasteiger partial charge >= 0.3 is 5.97 Å². The Bertz CT molecular complexity index is 970. The number of Topliss-reactive ketones (excluding diaryl/α,β-unsaturated/α-hetero) is 1. The van der Waals surface area contributed by atoms with Gasteiger partial charge in [0.05, 0.1) is 23.7 Å². The lowest BCUT2D eigenvalue weighted by molar-refractivity contribution is -0.137. The summed E-state index contributed by atoms with van der Waals surface area (Å²) in [6.45, 7) is 1.85. The third-order valence-corrected chi connectivity index (χ3v) is 8.56. The number of esters is 1. The quantitative estimate of drug-likeness (QED) is 0.244. The van der Waals surface area contributed by atoms with Gasteiger partial charge in [0.2, 0.25) is 0 Å². The number of allylic oxidation sites excluding steroid dienone is 1. The van der Waals surface area contributed by atoms with Crippen LogP contribution in [0.4, 0.5) is 0 Å². The molecule has 1 N–H and O–H groups in total. The number of thioether (sulfide) groups is 2. The molecule has 0 aliphatic heterocycles. The van der Waals surface area contributed by atoms with Crippen LogP contribution in [0.15, 0.2) is 54.6 Å². The zero-order chi connectivity index (χ0) is 23.7. The zero-order valence-electron chi connectivity index (χ0n) is 19.5. The highest BCUT2D eigenvalue weighted by molar-refractivity contribution is 8.01. The number of ketones is 1. The summed E-state index contributed by atoms with van der Waals surface area (Å²) in [5, 5.41) is 13.3. The molecule has 178 valence electrons. The van der Waals surface area contributed by atoms with Gasteiger partial charge in [-0.15, -0.1) is 11.8 Å². The lowest BCUT2D eigenvalue weighted by Crippen LogP contribution is -2.23. The molecule has 1 aliphatic rings. The molecule has 6 heteroatoms. The van der Waals surface area contributed by atoms with E-state index in [0.717, 1.165) is 30.8 Å². The van der Waals surface area contributed by atoms with Crippen molar-refractivity contribution in [3.63, 3.8) is 0 Å². The summed E-state index contributed by atoms with van der Waals surface area (Å²) in [6, 6.07) is 14.8. The fraction of sp³-hybridized carbons (Fsp3) is 0.481. The van der Waals surface area contributed by atoms with Crippen molar-refractivity contribution >= 4 is 46.0 Å². The molecule has 1 fully saturated rings. The highest BCUT2D eigenvalue weighted by Crippen LogP contribution is 2.34. The normalized spacial score (nSPS) is 20.4. The maximum absolute atomic E-state index is 12.4. The van der Waals surface area contributed by atoms with E-state index in [0.29, 0.717) is 24.4 Å². The van der Waals surface area contributed by atoms with E-state index in [1.165, 1.54) is 23.4 Å². The molecule has 4 nitrogen and oxygen atoms in total. The van der Waals surface area contributed by atoms with Gasteiger partial charge in [-0.1, -0.05) is 54.6 Å². The highest BCUT2D eigenvalue weighted by Gasteiger charge is 2.33. The molecule has 0 bridgehead atoms. The lowest BCUT2D eigenvalue weighted by atomic mass is 9.93. The molecule has 1 aliphatic carbocycles. The Balaban J connectivity index is 1.46. The fourth-order valence-electron chi connectivity index (χ4n) is 4.05. The van der Waals surface area contributed by atoms with E-state index >= 15 is 0 Å². The molecular formula is C27H34O4S2. The molecule has 0 radical (unpaired) electrons. The largest absolute Gasteiger partial charge is 0.468 e. The van der Waals surface area contributed by atoms with E-state index in [-0.39, 0.29) is 17.1 Å². The maximum atomic E-state index is 12.4. The molecular weight excluding hydrogens is 452 g/mol. The number of hydrogen-bond donors (Lipinski definition) is 1. The summed E-state index contributed by atoms with van der Waals surface area (Å²) in [5.74, 6) is 2.45. The van der Waals surface area contributed by atoms with Gasteiger partial charge in [-0.25, -0.2) is 0 Å². The van der Waals surface area contributed by atoms with Crippen LogP contribution in [-0.4, -0.2) is 52.1 Å². The van der Waals surface area contributed by atoms with Crippen molar-refractivity contribution in [1.82, 2.24) is 0 Å². The summed E-state index contributed by atoms with van der Waals surface area (Å²) < 4.78 is 4.64. The van der Waals surface area contributed by atoms with Gasteiger partial charge in [0.1, 0.15) is 5.78 Å². The Labute approximate surface area is 205 Å². The lowest BCUT2D eigenvalue weighted by Gasteiger charge is -2.21. The molecule has 3 rings (SSSR count). The van der Waals surface area contributed by atoms with Gasteiger partial charge in [0.25, 0.3) is 0 Å². The van der Waals surface area contributed by atoms with Gasteiger partial charge < -0.3 is 9.84 Å². The van der Waals surface area contributed by atoms with Crippen LogP contribution in [0.5, 0.6) is 0 Å². The predicted octanol–water partition coefficient (Wildman–Crippen LogP) is 5.46. The Morgan fingerprint density at radius 1 is 1.21 bits per heavy atom. The first-order chi connectivity index (χ1) is 15.9. The van der Waals surface area contributed by atoms with Crippen LogP contribution in [-0.2, 0) is 20.7 Å². The molecule has 3 atom stereocenters. The first-order valence-electron chi connectivity index (χ1n) is 11.6. The number of rotatable bonds is 12. The molecule has 2 unspecified atom stereocenters. The predicted molar refractivity (Wildman–Crippen MR) is 140 cm³/mol. The van der Waals surface area contributed by atoms with Crippen LogP contribution < -0.4 is 0 Å². The third kappa shape index (κ3) is 8.20. The minimum atomic E-state index is -0.906. The standard InChI is InChI=1S/C27H34O4S2/c1-27(30,14-12-20-8-9-21-6-3-4-7-23(21)18-20)15-13-22-10-11-24(28)26(22)33-17-5-16-32-19-25(29)31-2/h3-4,6-9,13,15,18,22,26,30H,5,10-12,14,16-17,19H2,1-2H3/t22-,26?,27?/m1/s1. The van der Waals surface area contributed by atoms with Crippen LogP contribution in [0.1, 0.15) is 38.2 Å². The van der Waals surface area contributed by atoms with Crippen molar-refractivity contribution in [2.24, 2.45) is 5.92 Å². The van der Waals surface area contributed by atoms with Crippen molar-refractivity contribution < 1.29 is 19.4 Å². The third-order valence-electron chi connectivity index (χ3n) is 6.04. The van der Waals surface area contributed by atoms with Gasteiger partial charge in [-0.3, -0.25) is 9.59 Å². The molecule has 33 heavy (non-hydrogen) atoms. The molecule has 0 amide bonds. The Hall–Kier alpha value is -1.76. The summed E-state index contributed by atoms with van der Waals surface area (Å²) in [4.78, 5) is 23.5. The van der Waals surface area contributed by atoms with E-state index in [4.69, 9.17) is 0 Å². The minimum Gasteiger partial charge on any atom is -0.468 e. The van der Waals surface area contributed by atoms with Crippen molar-refractivity contribution in [2.45, 2.75) is 49.9 Å². The summed E-state index contributed by atoms with van der Waals surface area (Å²) in [5.41, 5.74) is 0.314. The van der Waals surface area contributed by atoms with Crippen molar-refractivity contribution in [3.05, 3.63) is 60.2 Å². The number of benzene rings is 2. The number of hydrogen-bond acceptors (Lipinski definition) is 6. The Morgan fingerprint density at radius 3 is 2.79 bits per heavy atom. The fourth-order valence-corrected chi connectivity index (χ4v) is 6.35. The number of fused-ring (bicyclic) bond motifs is 1. The first kappa shape index (κ1) is 25.9. The topological polar surface area (TPSA) is 63.6 Å². The number of carbonyl (C=O) groups is 2. The average Bonchev–Trinajstić information content (AvgIpc) is 3.17. The first-order valence-corrected chi connectivity index (χ1v) is 13.8. The van der Waals surface area contributed by atoms with Gasteiger partial charge in [0, 0.05) is 6.42 Å². The molecule has 0 spiro atoms. The number of methoxy groups -OCH3 is 1. The number of aryl methyl sites for hydroxylation is 1. The maximum Gasteiger partial charge on any atom is 0.315 e. The van der Waals surface area contributed by atoms with Crippen molar-refractivity contribution in [1.29, 1.82) is 0 Å². The Morgan fingerprint density at radius 2 is 2.00 bits per heavy atom. The van der Waals surface area contributed by atoms with Crippen LogP contribution in [0, 0.1) is 5.92 Å². The summed E-state index contributed by atoms with van der Waals surface area (Å²) in [6.07, 6.45) is 7.82. The summed E-state index contributed by atoms with van der Waals surface area (Å²) in [7, 11) is 1.40. The van der Waals surface area contributed by atoms with E-state index in [9.17, 15) is 14.7 Å². The molecule has 0 saturated heterocycles. The molecule has 2 aromatic rings. The minimum absolute atomic E-state index is 0.0249. The smallest absolute Gasteiger partial charge is 0.315 e. The second-order valence-electron chi connectivity index (χ2n) is 8.84. The van der Waals surface area contributed by atoms with Crippen LogP contribution in [0.3, 0.4) is 0 Å². The number of ether oxygens (including phenoxy) is 1. The Kier molecular flexibility index (Phi) is 9.90. The number of aliphatic hydroxyl groups is 1. The highest BCUT2D eigenvalue weighted by atomic mass is 32.2. The monoisotopic (exact) mass is 486 g/mol.